The van der Waals surface area contributed by atoms with Crippen LogP contribution in [0.15, 0.2) is 0 Å². The number of hydrogen-bond acceptors (Lipinski definition) is 3. The molecule has 0 aromatic heterocycles. The summed E-state index contributed by atoms with van der Waals surface area (Å²) in [7, 11) is 2.22. The summed E-state index contributed by atoms with van der Waals surface area (Å²) in [6, 6.07) is 0.734. The Hall–Kier alpha value is -0.120. The SMILES string of the molecule is CCC(C)N(CC)CCN1CCN(C)CC1. The molecule has 3 heteroatoms. The maximum absolute atomic E-state index is 2.60. The third kappa shape index (κ3) is 4.40. The highest BCUT2D eigenvalue weighted by Crippen LogP contribution is 2.04. The Kier molecular flexibility index (Phi) is 6.32. The highest BCUT2D eigenvalue weighted by Gasteiger charge is 2.15. The maximum atomic E-state index is 2.60. The van der Waals surface area contributed by atoms with Crippen LogP contribution in [0.1, 0.15) is 27.2 Å². The van der Waals surface area contributed by atoms with Gasteiger partial charge in [-0.3, -0.25) is 9.80 Å². The Labute approximate surface area is 101 Å². The normalized spacial score (nSPS) is 21.6. The topological polar surface area (TPSA) is 9.72 Å². The Morgan fingerprint density at radius 1 is 1.12 bits per heavy atom. The van der Waals surface area contributed by atoms with Gasteiger partial charge in [-0.25, -0.2) is 0 Å². The Morgan fingerprint density at radius 3 is 2.25 bits per heavy atom. The molecular formula is C13H29N3. The summed E-state index contributed by atoms with van der Waals surface area (Å²) >= 11 is 0. The van der Waals surface area contributed by atoms with Gasteiger partial charge in [-0.1, -0.05) is 13.8 Å². The van der Waals surface area contributed by atoms with E-state index >= 15 is 0 Å². The fourth-order valence-electron chi connectivity index (χ4n) is 2.29. The van der Waals surface area contributed by atoms with Crippen LogP contribution in [-0.4, -0.2) is 73.6 Å². The first-order valence-electron chi connectivity index (χ1n) is 6.82. The van der Waals surface area contributed by atoms with E-state index in [1.165, 1.54) is 52.2 Å². The number of piperazine rings is 1. The minimum Gasteiger partial charge on any atom is -0.304 e. The van der Waals surface area contributed by atoms with Crippen LogP contribution in [-0.2, 0) is 0 Å². The molecule has 0 spiro atoms. The van der Waals surface area contributed by atoms with Crippen molar-refractivity contribution in [2.24, 2.45) is 0 Å². The summed E-state index contributed by atoms with van der Waals surface area (Å²) in [6.07, 6.45) is 1.26. The van der Waals surface area contributed by atoms with Crippen LogP contribution in [0.4, 0.5) is 0 Å². The standard InChI is InChI=1S/C13H29N3/c1-5-13(3)16(6-2)12-11-15-9-7-14(4)8-10-15/h13H,5-12H2,1-4H3. The lowest BCUT2D eigenvalue weighted by atomic mass is 10.2. The lowest BCUT2D eigenvalue weighted by Crippen LogP contribution is -2.47. The second-order valence-corrected chi connectivity index (χ2v) is 5.03. The second kappa shape index (κ2) is 7.25. The summed E-state index contributed by atoms with van der Waals surface area (Å²) in [5.41, 5.74) is 0. The largest absolute Gasteiger partial charge is 0.304 e. The second-order valence-electron chi connectivity index (χ2n) is 5.03. The Bertz CT molecular complexity index is 176. The molecule has 96 valence electrons. The fourth-order valence-corrected chi connectivity index (χ4v) is 2.29. The Morgan fingerprint density at radius 2 is 1.75 bits per heavy atom. The van der Waals surface area contributed by atoms with Crippen LogP contribution in [0.3, 0.4) is 0 Å². The van der Waals surface area contributed by atoms with Gasteiger partial charge in [0.05, 0.1) is 0 Å². The molecule has 0 aliphatic carbocycles. The van der Waals surface area contributed by atoms with Gasteiger partial charge in [0.1, 0.15) is 0 Å². The molecule has 1 fully saturated rings. The summed E-state index contributed by atoms with van der Waals surface area (Å²) in [4.78, 5) is 7.62. The van der Waals surface area contributed by atoms with Crippen molar-refractivity contribution in [1.29, 1.82) is 0 Å². The lowest BCUT2D eigenvalue weighted by Gasteiger charge is -2.35. The molecule has 1 rings (SSSR count). The van der Waals surface area contributed by atoms with Gasteiger partial charge in [-0.15, -0.1) is 0 Å². The average Bonchev–Trinajstić information content (AvgIpc) is 2.31. The van der Waals surface area contributed by atoms with Gasteiger partial charge in [-0.05, 0) is 26.9 Å². The van der Waals surface area contributed by atoms with Gasteiger partial charge in [0.25, 0.3) is 0 Å². The van der Waals surface area contributed by atoms with Crippen LogP contribution in [0.25, 0.3) is 0 Å². The molecule has 0 saturated carbocycles. The number of nitrogens with zero attached hydrogens (tertiary/aromatic N) is 3. The van der Waals surface area contributed by atoms with Gasteiger partial charge < -0.3 is 4.90 Å². The van der Waals surface area contributed by atoms with Gasteiger partial charge in [0.2, 0.25) is 0 Å². The van der Waals surface area contributed by atoms with Crippen molar-refractivity contribution in [1.82, 2.24) is 14.7 Å². The smallest absolute Gasteiger partial charge is 0.0112 e. The zero-order chi connectivity index (χ0) is 12.0. The lowest BCUT2D eigenvalue weighted by molar-refractivity contribution is 0.124. The number of rotatable bonds is 6. The van der Waals surface area contributed by atoms with E-state index in [0.717, 1.165) is 6.04 Å². The average molecular weight is 227 g/mol. The quantitative estimate of drug-likeness (QED) is 0.678. The van der Waals surface area contributed by atoms with E-state index in [2.05, 4.69) is 42.5 Å². The van der Waals surface area contributed by atoms with Gasteiger partial charge in [0.15, 0.2) is 0 Å². The minimum atomic E-state index is 0.734. The molecule has 0 amide bonds. The van der Waals surface area contributed by atoms with Gasteiger partial charge in [0, 0.05) is 45.3 Å². The van der Waals surface area contributed by atoms with E-state index in [1.807, 2.05) is 0 Å². The van der Waals surface area contributed by atoms with E-state index in [9.17, 15) is 0 Å². The first-order chi connectivity index (χ1) is 7.67. The third-order valence-electron chi connectivity index (χ3n) is 3.92. The van der Waals surface area contributed by atoms with Crippen molar-refractivity contribution < 1.29 is 0 Å². The van der Waals surface area contributed by atoms with Crippen molar-refractivity contribution in [2.75, 3.05) is 52.9 Å². The van der Waals surface area contributed by atoms with Crippen LogP contribution in [0.2, 0.25) is 0 Å². The van der Waals surface area contributed by atoms with E-state index in [0.29, 0.717) is 0 Å². The molecule has 1 atom stereocenters. The zero-order valence-corrected chi connectivity index (χ0v) is 11.6. The van der Waals surface area contributed by atoms with E-state index < -0.39 is 0 Å². The van der Waals surface area contributed by atoms with E-state index in [1.54, 1.807) is 0 Å². The molecule has 16 heavy (non-hydrogen) atoms. The van der Waals surface area contributed by atoms with Crippen LogP contribution in [0, 0.1) is 0 Å². The van der Waals surface area contributed by atoms with Crippen LogP contribution < -0.4 is 0 Å². The molecule has 1 saturated heterocycles. The molecule has 3 nitrogen and oxygen atoms in total. The molecule has 0 aromatic rings. The molecule has 1 aliphatic heterocycles. The van der Waals surface area contributed by atoms with Crippen molar-refractivity contribution >= 4 is 0 Å². The summed E-state index contributed by atoms with van der Waals surface area (Å²) in [5.74, 6) is 0. The first-order valence-corrected chi connectivity index (χ1v) is 6.82. The zero-order valence-electron chi connectivity index (χ0n) is 11.6. The molecule has 1 unspecified atom stereocenters. The maximum Gasteiger partial charge on any atom is 0.0112 e. The highest BCUT2D eigenvalue weighted by molar-refractivity contribution is 4.72. The van der Waals surface area contributed by atoms with E-state index in [-0.39, 0.29) is 0 Å². The number of hydrogen-bond donors (Lipinski definition) is 0. The van der Waals surface area contributed by atoms with Gasteiger partial charge in [-0.2, -0.15) is 0 Å². The highest BCUT2D eigenvalue weighted by atomic mass is 15.3. The third-order valence-corrected chi connectivity index (χ3v) is 3.92. The van der Waals surface area contributed by atoms with Crippen molar-refractivity contribution in [3.8, 4) is 0 Å². The predicted octanol–water partition coefficient (Wildman–Crippen LogP) is 1.35. The van der Waals surface area contributed by atoms with Gasteiger partial charge >= 0.3 is 0 Å². The van der Waals surface area contributed by atoms with Crippen molar-refractivity contribution in [3.05, 3.63) is 0 Å². The predicted molar refractivity (Wildman–Crippen MR) is 70.9 cm³/mol. The molecule has 0 N–H and O–H groups in total. The molecule has 1 heterocycles. The first kappa shape index (κ1) is 13.9. The van der Waals surface area contributed by atoms with E-state index in [4.69, 9.17) is 0 Å². The molecule has 0 aromatic carbocycles. The fraction of sp³-hybridized carbons (Fsp3) is 1.00. The minimum absolute atomic E-state index is 0.734. The number of likely N-dealkylation sites (N-methyl/N-ethyl adjacent to an activating group) is 2. The van der Waals surface area contributed by atoms with Crippen molar-refractivity contribution in [3.63, 3.8) is 0 Å². The molecule has 0 bridgehead atoms. The molecule has 0 radical (unpaired) electrons. The van der Waals surface area contributed by atoms with Crippen LogP contribution in [0.5, 0.6) is 0 Å². The van der Waals surface area contributed by atoms with Crippen molar-refractivity contribution in [2.45, 2.75) is 33.2 Å². The molecule has 1 aliphatic rings. The Balaban J connectivity index is 2.22. The summed E-state index contributed by atoms with van der Waals surface area (Å²) < 4.78 is 0. The van der Waals surface area contributed by atoms with Crippen LogP contribution >= 0.6 is 0 Å². The summed E-state index contributed by atoms with van der Waals surface area (Å²) in [6.45, 7) is 15.5. The molecular weight excluding hydrogens is 198 g/mol. The summed E-state index contributed by atoms with van der Waals surface area (Å²) in [5, 5.41) is 0. The monoisotopic (exact) mass is 227 g/mol.